The van der Waals surface area contributed by atoms with E-state index < -0.39 is 24.4 Å². The monoisotopic (exact) mass is 479 g/mol. The summed E-state index contributed by atoms with van der Waals surface area (Å²) >= 11 is 12.9. The van der Waals surface area contributed by atoms with E-state index in [4.69, 9.17) is 32.8 Å². The van der Waals surface area contributed by atoms with Gasteiger partial charge in [0, 0.05) is 21.2 Å². The molecule has 0 bridgehead atoms. The minimum Gasteiger partial charge on any atom is -0.437 e. The van der Waals surface area contributed by atoms with Crippen molar-refractivity contribution in [2.45, 2.75) is 37.5 Å². The van der Waals surface area contributed by atoms with Crippen molar-refractivity contribution in [3.8, 4) is 5.06 Å². The number of nitrogens with zero attached hydrogens (tertiary/aromatic N) is 1. The van der Waals surface area contributed by atoms with Gasteiger partial charge in [-0.2, -0.15) is 13.2 Å². The lowest BCUT2D eigenvalue weighted by molar-refractivity contribution is -0.275. The van der Waals surface area contributed by atoms with Gasteiger partial charge in [0.1, 0.15) is 5.71 Å². The Kier molecular flexibility index (Phi) is 5.40. The average Bonchev–Trinajstić information content (AvgIpc) is 3.36. The summed E-state index contributed by atoms with van der Waals surface area (Å²) in [5, 5.41) is 4.23. The smallest absolute Gasteiger partial charge is 0.437 e. The fraction of sp³-hybridized carbons (Fsp3) is 0.368. The van der Waals surface area contributed by atoms with Gasteiger partial charge in [-0.1, -0.05) is 39.7 Å². The number of oxime groups is 1. The van der Waals surface area contributed by atoms with E-state index in [-0.39, 0.29) is 21.3 Å². The van der Waals surface area contributed by atoms with E-state index in [9.17, 15) is 18.0 Å². The van der Waals surface area contributed by atoms with Crippen LogP contribution in [0.5, 0.6) is 5.06 Å². The van der Waals surface area contributed by atoms with Crippen LogP contribution in [0, 0.1) is 0 Å². The molecular formula is C19H14Cl2F3NO4S. The number of hydrogen-bond acceptors (Lipinski definition) is 6. The normalized spacial score (nSPS) is 20.5. The second-order valence-electron chi connectivity index (χ2n) is 6.87. The first-order valence-corrected chi connectivity index (χ1v) is 10.4. The van der Waals surface area contributed by atoms with Crippen LogP contribution in [-0.2, 0) is 28.0 Å². The molecule has 0 amide bonds. The van der Waals surface area contributed by atoms with Crippen LogP contribution < -0.4 is 4.74 Å². The molecule has 1 aromatic heterocycles. The lowest BCUT2D eigenvalue weighted by Crippen LogP contribution is -2.42. The van der Waals surface area contributed by atoms with Crippen molar-refractivity contribution in [3.05, 3.63) is 49.8 Å². The minimum absolute atomic E-state index is 0.0592. The highest BCUT2D eigenvalue weighted by atomic mass is 35.5. The molecule has 0 N–H and O–H groups in total. The highest BCUT2D eigenvalue weighted by molar-refractivity contribution is 7.16. The van der Waals surface area contributed by atoms with Crippen molar-refractivity contribution in [2.75, 3.05) is 7.11 Å². The SMILES string of the molecule is COC(=O)Oc1sc(C2=NOC(c3cc(Cl)cc(Cl)c3)(C(F)(F)F)C2)c2c1CCC2. The molecular weight excluding hydrogens is 466 g/mol. The molecule has 2 aliphatic rings. The molecule has 0 radical (unpaired) electrons. The third-order valence-corrected chi connectivity index (χ3v) is 6.69. The number of fused-ring (bicyclic) bond motifs is 1. The van der Waals surface area contributed by atoms with Crippen LogP contribution in [0.15, 0.2) is 23.4 Å². The topological polar surface area (TPSA) is 57.1 Å². The summed E-state index contributed by atoms with van der Waals surface area (Å²) in [7, 11) is 1.18. The Morgan fingerprint density at radius 1 is 1.20 bits per heavy atom. The van der Waals surface area contributed by atoms with Gasteiger partial charge in [0.05, 0.1) is 18.4 Å². The molecule has 1 aliphatic carbocycles. The Balaban J connectivity index is 1.73. The standard InChI is InChI=1S/C19H14Cl2F3NO4S/c1-27-17(26)28-16-13-4-2-3-12(13)15(30-16)14-8-18(29-25-14,19(22,23)24)9-5-10(20)7-11(21)6-9/h5-7H,2-4,8H2,1H3. The number of carbonyl (C=O) groups excluding carboxylic acids is 1. The number of thiophene rings is 1. The predicted molar refractivity (Wildman–Crippen MR) is 106 cm³/mol. The maximum Gasteiger partial charge on any atom is 0.514 e. The fourth-order valence-corrected chi connectivity index (χ4v) is 5.43. The summed E-state index contributed by atoms with van der Waals surface area (Å²) in [6.45, 7) is 0. The molecule has 4 rings (SSSR count). The number of methoxy groups -OCH3 is 1. The van der Waals surface area contributed by atoms with Crippen molar-refractivity contribution < 1.29 is 32.3 Å². The summed E-state index contributed by atoms with van der Waals surface area (Å²) in [6, 6.07) is 3.68. The van der Waals surface area contributed by atoms with Gasteiger partial charge in [0.2, 0.25) is 0 Å². The number of alkyl halides is 3. The molecule has 0 saturated heterocycles. The number of hydrogen-bond donors (Lipinski definition) is 0. The molecule has 1 aromatic carbocycles. The van der Waals surface area contributed by atoms with Crippen LogP contribution >= 0.6 is 34.5 Å². The quantitative estimate of drug-likeness (QED) is 0.486. The largest absolute Gasteiger partial charge is 0.514 e. The Labute approximate surface area is 183 Å². The van der Waals surface area contributed by atoms with Crippen molar-refractivity contribution in [2.24, 2.45) is 5.16 Å². The van der Waals surface area contributed by atoms with Crippen LogP contribution in [0.2, 0.25) is 10.0 Å². The number of ether oxygens (including phenoxy) is 2. The van der Waals surface area contributed by atoms with Crippen molar-refractivity contribution in [1.82, 2.24) is 0 Å². The van der Waals surface area contributed by atoms with E-state index in [1.54, 1.807) is 0 Å². The minimum atomic E-state index is -4.78. The Morgan fingerprint density at radius 3 is 2.50 bits per heavy atom. The van der Waals surface area contributed by atoms with Crippen LogP contribution in [0.4, 0.5) is 18.0 Å². The number of halogens is 5. The van der Waals surface area contributed by atoms with Gasteiger partial charge in [-0.15, -0.1) is 0 Å². The summed E-state index contributed by atoms with van der Waals surface area (Å²) in [4.78, 5) is 17.1. The average molecular weight is 480 g/mol. The van der Waals surface area contributed by atoms with Crippen molar-refractivity contribution >= 4 is 46.4 Å². The zero-order valence-electron chi connectivity index (χ0n) is 15.4. The lowest BCUT2D eigenvalue weighted by atomic mass is 9.87. The van der Waals surface area contributed by atoms with Gasteiger partial charge >= 0.3 is 12.3 Å². The molecule has 160 valence electrons. The molecule has 0 fully saturated rings. The molecule has 1 unspecified atom stereocenters. The third-order valence-electron chi connectivity index (χ3n) is 5.05. The summed E-state index contributed by atoms with van der Waals surface area (Å²) < 4.78 is 52.3. The predicted octanol–water partition coefficient (Wildman–Crippen LogP) is 6.27. The first-order valence-electron chi connectivity index (χ1n) is 8.83. The first kappa shape index (κ1) is 21.3. The first-order chi connectivity index (χ1) is 14.1. The Morgan fingerprint density at radius 2 is 1.87 bits per heavy atom. The van der Waals surface area contributed by atoms with Gasteiger partial charge in [-0.25, -0.2) is 4.79 Å². The number of carbonyl (C=O) groups is 1. The maximum atomic E-state index is 14.2. The zero-order valence-corrected chi connectivity index (χ0v) is 17.8. The van der Waals surface area contributed by atoms with Crippen LogP contribution in [-0.4, -0.2) is 25.2 Å². The Bertz CT molecular complexity index is 1030. The second kappa shape index (κ2) is 7.62. The second-order valence-corrected chi connectivity index (χ2v) is 8.73. The fourth-order valence-electron chi connectivity index (χ4n) is 3.68. The molecule has 11 heteroatoms. The number of benzene rings is 1. The van der Waals surface area contributed by atoms with E-state index in [1.165, 1.54) is 25.3 Å². The van der Waals surface area contributed by atoms with Gasteiger partial charge < -0.3 is 14.3 Å². The zero-order chi connectivity index (χ0) is 21.7. The van der Waals surface area contributed by atoms with Crippen LogP contribution in [0.3, 0.4) is 0 Å². The highest BCUT2D eigenvalue weighted by Gasteiger charge is 2.62. The van der Waals surface area contributed by atoms with Crippen molar-refractivity contribution in [3.63, 3.8) is 0 Å². The highest BCUT2D eigenvalue weighted by Crippen LogP contribution is 2.51. The van der Waals surface area contributed by atoms with Gasteiger partial charge in [0.15, 0.2) is 5.06 Å². The van der Waals surface area contributed by atoms with E-state index in [1.807, 2.05) is 0 Å². The number of rotatable bonds is 3. The molecule has 0 spiro atoms. The molecule has 2 aromatic rings. The molecule has 2 heterocycles. The van der Waals surface area contributed by atoms with Crippen molar-refractivity contribution in [1.29, 1.82) is 0 Å². The summed E-state index contributed by atoms with van der Waals surface area (Å²) in [5.74, 6) is 0. The molecule has 30 heavy (non-hydrogen) atoms. The molecule has 0 saturated carbocycles. The molecule has 1 atom stereocenters. The van der Waals surface area contributed by atoms with Crippen LogP contribution in [0.1, 0.15) is 34.4 Å². The van der Waals surface area contributed by atoms with E-state index in [0.717, 1.165) is 28.9 Å². The van der Waals surface area contributed by atoms with E-state index >= 15 is 0 Å². The summed E-state index contributed by atoms with van der Waals surface area (Å²) in [6.07, 6.45) is -4.13. The van der Waals surface area contributed by atoms with E-state index in [0.29, 0.717) is 22.8 Å². The van der Waals surface area contributed by atoms with Crippen LogP contribution in [0.25, 0.3) is 0 Å². The van der Waals surface area contributed by atoms with Gasteiger partial charge in [-0.05, 0) is 43.0 Å². The van der Waals surface area contributed by atoms with E-state index in [2.05, 4.69) is 9.89 Å². The van der Waals surface area contributed by atoms with Gasteiger partial charge in [-0.3, -0.25) is 0 Å². The molecule has 1 aliphatic heterocycles. The third kappa shape index (κ3) is 3.52. The maximum absolute atomic E-state index is 14.2. The Hall–Kier alpha value is -1.97. The molecule has 5 nitrogen and oxygen atoms in total. The van der Waals surface area contributed by atoms with Gasteiger partial charge in [0.25, 0.3) is 5.60 Å². The summed E-state index contributed by atoms with van der Waals surface area (Å²) in [5.41, 5.74) is -1.20. The lowest BCUT2D eigenvalue weighted by Gasteiger charge is -2.29.